The van der Waals surface area contributed by atoms with Crippen LogP contribution in [0.15, 0.2) is 218 Å². The molecule has 2 heterocycles. The fourth-order valence-electron chi connectivity index (χ4n) is 8.88. The first kappa shape index (κ1) is 32.0. The van der Waals surface area contributed by atoms with Crippen LogP contribution in [-0.4, -0.2) is 9.13 Å². The van der Waals surface area contributed by atoms with E-state index in [1.54, 1.807) is 0 Å². The van der Waals surface area contributed by atoms with E-state index in [1.165, 1.54) is 88.1 Å². The predicted octanol–water partition coefficient (Wildman–Crippen LogP) is 14.5. The van der Waals surface area contributed by atoms with Crippen molar-refractivity contribution in [2.45, 2.75) is 0 Å². The summed E-state index contributed by atoms with van der Waals surface area (Å²) in [5, 5.41) is 4.96. The molecule has 0 spiro atoms. The van der Waals surface area contributed by atoms with Gasteiger partial charge in [-0.05, 0) is 87.0 Å². The van der Waals surface area contributed by atoms with E-state index >= 15 is 0 Å². The van der Waals surface area contributed by atoms with Gasteiger partial charge < -0.3 is 9.13 Å². The van der Waals surface area contributed by atoms with Crippen molar-refractivity contribution in [3.8, 4) is 55.9 Å². The smallest absolute Gasteiger partial charge is 0.0782 e. The number of nitrogens with zero attached hydrogens (tertiary/aromatic N) is 2. The maximum absolute atomic E-state index is 2.49. The van der Waals surface area contributed by atoms with Gasteiger partial charge in [0.2, 0.25) is 0 Å². The van der Waals surface area contributed by atoms with Gasteiger partial charge in [-0.1, -0.05) is 176 Å². The Morgan fingerprint density at radius 2 is 0.768 bits per heavy atom. The predicted molar refractivity (Wildman–Crippen MR) is 237 cm³/mol. The maximum Gasteiger partial charge on any atom is 0.0782 e. The first-order chi connectivity index (χ1) is 27.8. The first-order valence-corrected chi connectivity index (χ1v) is 19.3. The second-order valence-electron chi connectivity index (χ2n) is 14.5. The third-order valence-electron chi connectivity index (χ3n) is 11.3. The molecule has 0 atom stereocenters. The molecular weight excluding hydrogens is 677 g/mol. The molecule has 2 nitrogen and oxygen atoms in total. The van der Waals surface area contributed by atoms with E-state index in [0.717, 1.165) is 11.4 Å². The summed E-state index contributed by atoms with van der Waals surface area (Å²) in [6, 6.07) is 79.4. The van der Waals surface area contributed by atoms with E-state index in [1.807, 2.05) is 0 Å². The van der Waals surface area contributed by atoms with E-state index in [9.17, 15) is 0 Å². The molecule has 0 N–H and O–H groups in total. The Balaban J connectivity index is 1.17. The highest BCUT2D eigenvalue weighted by atomic mass is 15.1. The van der Waals surface area contributed by atoms with Crippen molar-refractivity contribution in [1.29, 1.82) is 0 Å². The Hall–Kier alpha value is -7.42. The molecule has 262 valence electrons. The molecule has 11 aromatic rings. The van der Waals surface area contributed by atoms with Gasteiger partial charge >= 0.3 is 0 Å². The van der Waals surface area contributed by atoms with Crippen molar-refractivity contribution in [3.05, 3.63) is 218 Å². The topological polar surface area (TPSA) is 9.86 Å². The largest absolute Gasteiger partial charge is 0.307 e. The number of rotatable bonds is 6. The fraction of sp³-hybridized carbons (Fsp3) is 0. The summed E-state index contributed by atoms with van der Waals surface area (Å²) in [5.41, 5.74) is 16.7. The van der Waals surface area contributed by atoms with Crippen molar-refractivity contribution in [1.82, 2.24) is 9.13 Å². The standard InChI is InChI=1S/C54H36N2/c1-3-17-37(18-4-1)39-21-13-22-40(35-39)45-29-15-33-51-53(45)48-28-10-12-32-50(48)56(51)52-34-16-30-47-46-27-9-11-31-49(46)55(54(47)52)42-24-14-23-41(36-42)44-26-8-7-25-43(44)38-19-5-2-6-20-38/h1-36H. The van der Waals surface area contributed by atoms with Crippen LogP contribution in [0.5, 0.6) is 0 Å². The highest BCUT2D eigenvalue weighted by molar-refractivity contribution is 6.18. The highest BCUT2D eigenvalue weighted by Crippen LogP contribution is 2.43. The van der Waals surface area contributed by atoms with Crippen LogP contribution in [-0.2, 0) is 0 Å². The summed E-state index contributed by atoms with van der Waals surface area (Å²) >= 11 is 0. The summed E-state index contributed by atoms with van der Waals surface area (Å²) in [7, 11) is 0. The third kappa shape index (κ3) is 5.11. The zero-order valence-corrected chi connectivity index (χ0v) is 30.7. The molecule has 0 radical (unpaired) electrons. The quantitative estimate of drug-likeness (QED) is 0.162. The molecule has 56 heavy (non-hydrogen) atoms. The lowest BCUT2D eigenvalue weighted by Crippen LogP contribution is -2.01. The molecule has 0 unspecified atom stereocenters. The van der Waals surface area contributed by atoms with Gasteiger partial charge in [-0.15, -0.1) is 0 Å². The minimum atomic E-state index is 1.13. The Labute approximate surface area is 325 Å². The minimum Gasteiger partial charge on any atom is -0.307 e. The first-order valence-electron chi connectivity index (χ1n) is 19.3. The number of fused-ring (bicyclic) bond motifs is 6. The number of hydrogen-bond donors (Lipinski definition) is 0. The minimum absolute atomic E-state index is 1.13. The average Bonchev–Trinajstić information content (AvgIpc) is 3.80. The molecule has 11 rings (SSSR count). The molecule has 0 aliphatic rings. The molecular formula is C54H36N2. The summed E-state index contributed by atoms with van der Waals surface area (Å²) in [6.45, 7) is 0. The van der Waals surface area contributed by atoms with Gasteiger partial charge in [-0.3, -0.25) is 0 Å². The van der Waals surface area contributed by atoms with Crippen molar-refractivity contribution in [3.63, 3.8) is 0 Å². The van der Waals surface area contributed by atoms with Crippen LogP contribution >= 0.6 is 0 Å². The SMILES string of the molecule is c1ccc(-c2cccc(-c3cccc4c3c3ccccc3n4-c3cccc4c5ccccc5n(-c5cccc(-c6ccccc6-c6ccccc6)c5)c34)c2)cc1. The Kier molecular flexibility index (Phi) is 7.53. The molecule has 9 aromatic carbocycles. The zero-order valence-electron chi connectivity index (χ0n) is 30.7. The average molecular weight is 713 g/mol. The van der Waals surface area contributed by atoms with Gasteiger partial charge in [0.05, 0.1) is 27.8 Å². The fourth-order valence-corrected chi connectivity index (χ4v) is 8.88. The van der Waals surface area contributed by atoms with E-state index in [0.29, 0.717) is 0 Å². The lowest BCUT2D eigenvalue weighted by Gasteiger charge is -2.16. The molecule has 0 saturated heterocycles. The lowest BCUT2D eigenvalue weighted by atomic mass is 9.94. The normalized spacial score (nSPS) is 11.6. The second-order valence-corrected chi connectivity index (χ2v) is 14.5. The molecule has 2 heteroatoms. The van der Waals surface area contributed by atoms with Gasteiger partial charge in [0.15, 0.2) is 0 Å². The number of para-hydroxylation sites is 3. The van der Waals surface area contributed by atoms with Gasteiger partial charge in [-0.2, -0.15) is 0 Å². The van der Waals surface area contributed by atoms with E-state index in [-0.39, 0.29) is 0 Å². The summed E-state index contributed by atoms with van der Waals surface area (Å²) in [6.07, 6.45) is 0. The van der Waals surface area contributed by atoms with E-state index < -0.39 is 0 Å². The van der Waals surface area contributed by atoms with Crippen LogP contribution < -0.4 is 0 Å². The van der Waals surface area contributed by atoms with Crippen LogP contribution in [0.3, 0.4) is 0 Å². The van der Waals surface area contributed by atoms with Crippen LogP contribution in [0.1, 0.15) is 0 Å². The second kappa shape index (κ2) is 13.2. The zero-order chi connectivity index (χ0) is 37.0. The number of aromatic nitrogens is 2. The molecule has 0 aliphatic carbocycles. The Morgan fingerprint density at radius 3 is 1.55 bits per heavy atom. The van der Waals surface area contributed by atoms with Gasteiger partial charge in [0.25, 0.3) is 0 Å². The lowest BCUT2D eigenvalue weighted by molar-refractivity contribution is 1.13. The summed E-state index contributed by atoms with van der Waals surface area (Å²) < 4.78 is 4.96. The van der Waals surface area contributed by atoms with Crippen LogP contribution in [0.4, 0.5) is 0 Å². The molecule has 0 amide bonds. The van der Waals surface area contributed by atoms with Crippen molar-refractivity contribution >= 4 is 43.6 Å². The highest BCUT2D eigenvalue weighted by Gasteiger charge is 2.22. The van der Waals surface area contributed by atoms with Gasteiger partial charge in [0.1, 0.15) is 0 Å². The van der Waals surface area contributed by atoms with Gasteiger partial charge in [-0.25, -0.2) is 0 Å². The molecule has 0 saturated carbocycles. The van der Waals surface area contributed by atoms with Crippen LogP contribution in [0.2, 0.25) is 0 Å². The molecule has 0 aliphatic heterocycles. The molecule has 0 fully saturated rings. The monoisotopic (exact) mass is 712 g/mol. The van der Waals surface area contributed by atoms with Crippen molar-refractivity contribution < 1.29 is 0 Å². The molecule has 2 aromatic heterocycles. The summed E-state index contributed by atoms with van der Waals surface area (Å²) in [4.78, 5) is 0. The Bertz CT molecular complexity index is 3240. The Morgan fingerprint density at radius 1 is 0.268 bits per heavy atom. The maximum atomic E-state index is 2.49. The van der Waals surface area contributed by atoms with Crippen LogP contribution in [0, 0.1) is 0 Å². The number of hydrogen-bond acceptors (Lipinski definition) is 0. The van der Waals surface area contributed by atoms with Crippen LogP contribution in [0.25, 0.3) is 99.5 Å². The van der Waals surface area contributed by atoms with Gasteiger partial charge in [0, 0.05) is 27.2 Å². The number of benzene rings is 9. The third-order valence-corrected chi connectivity index (χ3v) is 11.3. The van der Waals surface area contributed by atoms with E-state index in [2.05, 4.69) is 228 Å². The van der Waals surface area contributed by atoms with Crippen molar-refractivity contribution in [2.24, 2.45) is 0 Å². The molecule has 0 bridgehead atoms. The van der Waals surface area contributed by atoms with E-state index in [4.69, 9.17) is 0 Å². The van der Waals surface area contributed by atoms with Crippen molar-refractivity contribution in [2.75, 3.05) is 0 Å². The summed E-state index contributed by atoms with van der Waals surface area (Å²) in [5.74, 6) is 0.